The second kappa shape index (κ2) is 6.70. The van der Waals surface area contributed by atoms with Crippen LogP contribution in [-0.4, -0.2) is 32.4 Å². The van der Waals surface area contributed by atoms with Crippen LogP contribution in [0.5, 0.6) is 0 Å². The Hall–Kier alpha value is -0.910. The lowest BCUT2D eigenvalue weighted by molar-refractivity contribution is 0.467. The summed E-state index contributed by atoms with van der Waals surface area (Å²) >= 11 is 0. The predicted molar refractivity (Wildman–Crippen MR) is 81.8 cm³/mol. The van der Waals surface area contributed by atoms with Gasteiger partial charge in [0.25, 0.3) is 0 Å². The standard InChI is InChI=1S/C15H24N2O2S/c1-3-10-17(2)20(18,19)12-14-6-4-13(5-7-14)11-16-15-8-9-15/h4-7,15-16H,3,8-12H2,1-2H3. The van der Waals surface area contributed by atoms with Gasteiger partial charge in [-0.2, -0.15) is 0 Å². The topological polar surface area (TPSA) is 49.4 Å². The molecule has 0 radical (unpaired) electrons. The minimum absolute atomic E-state index is 0.0832. The van der Waals surface area contributed by atoms with E-state index in [4.69, 9.17) is 0 Å². The second-order valence-corrected chi connectivity index (χ2v) is 7.63. The second-order valence-electron chi connectivity index (χ2n) is 5.55. The van der Waals surface area contributed by atoms with Gasteiger partial charge in [0.1, 0.15) is 0 Å². The number of hydrogen-bond acceptors (Lipinski definition) is 3. The third-order valence-electron chi connectivity index (χ3n) is 3.56. The van der Waals surface area contributed by atoms with Gasteiger partial charge in [-0.15, -0.1) is 0 Å². The van der Waals surface area contributed by atoms with Crippen molar-refractivity contribution in [2.75, 3.05) is 13.6 Å². The van der Waals surface area contributed by atoms with Gasteiger partial charge in [-0.3, -0.25) is 0 Å². The number of rotatable bonds is 8. The monoisotopic (exact) mass is 296 g/mol. The Labute approximate surface area is 122 Å². The Balaban J connectivity index is 1.91. The molecule has 0 spiro atoms. The fourth-order valence-electron chi connectivity index (χ4n) is 2.08. The molecule has 1 aromatic carbocycles. The lowest BCUT2D eigenvalue weighted by Crippen LogP contribution is -2.28. The molecule has 1 aromatic rings. The number of hydrogen-bond donors (Lipinski definition) is 1. The van der Waals surface area contributed by atoms with Crippen LogP contribution in [0.3, 0.4) is 0 Å². The molecule has 4 nitrogen and oxygen atoms in total. The molecule has 0 saturated heterocycles. The summed E-state index contributed by atoms with van der Waals surface area (Å²) < 4.78 is 25.7. The zero-order valence-electron chi connectivity index (χ0n) is 12.3. The van der Waals surface area contributed by atoms with E-state index in [1.807, 2.05) is 31.2 Å². The van der Waals surface area contributed by atoms with E-state index < -0.39 is 10.0 Å². The van der Waals surface area contributed by atoms with E-state index in [0.717, 1.165) is 18.5 Å². The molecular formula is C15H24N2O2S. The zero-order valence-corrected chi connectivity index (χ0v) is 13.1. The molecule has 1 aliphatic rings. The normalized spacial score (nSPS) is 15.8. The van der Waals surface area contributed by atoms with Crippen LogP contribution < -0.4 is 5.32 Å². The van der Waals surface area contributed by atoms with E-state index in [1.54, 1.807) is 7.05 Å². The van der Waals surface area contributed by atoms with Crippen LogP contribution in [0.25, 0.3) is 0 Å². The fourth-order valence-corrected chi connectivity index (χ4v) is 3.37. The molecule has 1 aliphatic carbocycles. The van der Waals surface area contributed by atoms with Gasteiger partial charge < -0.3 is 5.32 Å². The van der Waals surface area contributed by atoms with Gasteiger partial charge in [0.05, 0.1) is 5.75 Å². The largest absolute Gasteiger partial charge is 0.310 e. The molecule has 0 atom stereocenters. The minimum atomic E-state index is -3.19. The molecule has 1 fully saturated rings. The highest BCUT2D eigenvalue weighted by Crippen LogP contribution is 2.19. The van der Waals surface area contributed by atoms with E-state index >= 15 is 0 Å². The molecule has 5 heteroatoms. The molecule has 0 amide bonds. The lowest BCUT2D eigenvalue weighted by Gasteiger charge is -2.16. The van der Waals surface area contributed by atoms with Crippen LogP contribution in [0.4, 0.5) is 0 Å². The summed E-state index contributed by atoms with van der Waals surface area (Å²) in [4.78, 5) is 0. The maximum absolute atomic E-state index is 12.1. The van der Waals surface area contributed by atoms with Gasteiger partial charge in [-0.25, -0.2) is 12.7 Å². The quantitative estimate of drug-likeness (QED) is 0.799. The first-order valence-electron chi connectivity index (χ1n) is 7.26. The number of nitrogens with zero attached hydrogens (tertiary/aromatic N) is 1. The molecule has 0 aliphatic heterocycles. The summed E-state index contributed by atoms with van der Waals surface area (Å²) in [6, 6.07) is 8.56. The molecule has 20 heavy (non-hydrogen) atoms. The summed E-state index contributed by atoms with van der Waals surface area (Å²) in [5, 5.41) is 3.45. The van der Waals surface area contributed by atoms with Crippen molar-refractivity contribution in [1.82, 2.24) is 9.62 Å². The minimum Gasteiger partial charge on any atom is -0.310 e. The highest BCUT2D eigenvalue weighted by atomic mass is 32.2. The van der Waals surface area contributed by atoms with Crippen LogP contribution >= 0.6 is 0 Å². The van der Waals surface area contributed by atoms with Crippen molar-refractivity contribution in [3.05, 3.63) is 35.4 Å². The molecular weight excluding hydrogens is 272 g/mol. The Kier molecular flexibility index (Phi) is 5.18. The molecule has 112 valence electrons. The zero-order chi connectivity index (χ0) is 14.6. The molecule has 0 aromatic heterocycles. The summed E-state index contributed by atoms with van der Waals surface area (Å²) in [5.41, 5.74) is 2.06. The lowest BCUT2D eigenvalue weighted by atomic mass is 10.1. The summed E-state index contributed by atoms with van der Waals surface area (Å²) in [5.74, 6) is 0.0832. The van der Waals surface area contributed by atoms with Crippen molar-refractivity contribution in [1.29, 1.82) is 0 Å². The van der Waals surface area contributed by atoms with Crippen molar-refractivity contribution < 1.29 is 8.42 Å². The van der Waals surface area contributed by atoms with Crippen LogP contribution in [0.15, 0.2) is 24.3 Å². The molecule has 0 bridgehead atoms. The van der Waals surface area contributed by atoms with Crippen LogP contribution in [0.2, 0.25) is 0 Å². The SMILES string of the molecule is CCCN(C)S(=O)(=O)Cc1ccc(CNC2CC2)cc1. The maximum Gasteiger partial charge on any atom is 0.218 e. The average Bonchev–Trinajstić information content (AvgIpc) is 3.22. The third-order valence-corrected chi connectivity index (χ3v) is 5.39. The molecule has 0 heterocycles. The van der Waals surface area contributed by atoms with Crippen molar-refractivity contribution in [3.63, 3.8) is 0 Å². The highest BCUT2D eigenvalue weighted by Gasteiger charge is 2.20. The Bertz CT molecular complexity index is 521. The van der Waals surface area contributed by atoms with Crippen molar-refractivity contribution >= 4 is 10.0 Å². The van der Waals surface area contributed by atoms with E-state index in [-0.39, 0.29) is 5.75 Å². The van der Waals surface area contributed by atoms with Gasteiger partial charge >= 0.3 is 0 Å². The average molecular weight is 296 g/mol. The summed E-state index contributed by atoms with van der Waals surface area (Å²) in [6.07, 6.45) is 3.39. The van der Waals surface area contributed by atoms with E-state index in [0.29, 0.717) is 12.6 Å². The highest BCUT2D eigenvalue weighted by molar-refractivity contribution is 7.88. The molecule has 1 saturated carbocycles. The van der Waals surface area contributed by atoms with Gasteiger partial charge in [-0.05, 0) is 30.4 Å². The van der Waals surface area contributed by atoms with Crippen molar-refractivity contribution in [2.45, 2.75) is 44.5 Å². The Morgan fingerprint density at radius 2 is 1.80 bits per heavy atom. The van der Waals surface area contributed by atoms with Crippen molar-refractivity contribution in [2.24, 2.45) is 0 Å². The van der Waals surface area contributed by atoms with E-state index in [9.17, 15) is 8.42 Å². The van der Waals surface area contributed by atoms with Crippen LogP contribution in [0.1, 0.15) is 37.3 Å². The molecule has 0 unspecified atom stereocenters. The van der Waals surface area contributed by atoms with Gasteiger partial charge in [0.2, 0.25) is 10.0 Å². The Morgan fingerprint density at radius 1 is 1.20 bits per heavy atom. The first-order valence-corrected chi connectivity index (χ1v) is 8.87. The first-order chi connectivity index (χ1) is 9.51. The predicted octanol–water partition coefficient (Wildman–Crippen LogP) is 2.11. The third kappa shape index (κ3) is 4.58. The fraction of sp³-hybridized carbons (Fsp3) is 0.600. The van der Waals surface area contributed by atoms with Gasteiger partial charge in [0, 0.05) is 26.2 Å². The molecule has 1 N–H and O–H groups in total. The molecule has 2 rings (SSSR count). The smallest absolute Gasteiger partial charge is 0.218 e. The Morgan fingerprint density at radius 3 is 2.35 bits per heavy atom. The first kappa shape index (κ1) is 15.5. The van der Waals surface area contributed by atoms with Gasteiger partial charge in [0.15, 0.2) is 0 Å². The van der Waals surface area contributed by atoms with E-state index in [1.165, 1.54) is 22.7 Å². The van der Waals surface area contributed by atoms with Crippen molar-refractivity contribution in [3.8, 4) is 0 Å². The number of benzene rings is 1. The van der Waals surface area contributed by atoms with E-state index in [2.05, 4.69) is 5.32 Å². The van der Waals surface area contributed by atoms with Crippen LogP contribution in [-0.2, 0) is 22.3 Å². The number of sulfonamides is 1. The number of nitrogens with one attached hydrogen (secondary N) is 1. The summed E-state index contributed by atoms with van der Waals surface area (Å²) in [7, 11) is -1.54. The summed E-state index contributed by atoms with van der Waals surface area (Å²) in [6.45, 7) is 3.42. The van der Waals surface area contributed by atoms with Gasteiger partial charge in [-0.1, -0.05) is 31.2 Å². The maximum atomic E-state index is 12.1. The van der Waals surface area contributed by atoms with Crippen LogP contribution in [0, 0.1) is 0 Å².